The van der Waals surface area contributed by atoms with E-state index < -0.39 is 0 Å². The number of benzene rings is 2. The number of hydrogen-bond acceptors (Lipinski definition) is 3. The number of rotatable bonds is 4. The van der Waals surface area contributed by atoms with Crippen molar-refractivity contribution in [1.82, 2.24) is 9.55 Å². The normalized spacial score (nSPS) is 14.5. The highest BCUT2D eigenvalue weighted by Crippen LogP contribution is 2.36. The maximum absolute atomic E-state index is 9.93. The highest BCUT2D eigenvalue weighted by Gasteiger charge is 2.24. The molecule has 2 aromatic carbocycles. The van der Waals surface area contributed by atoms with Crippen LogP contribution in [0.25, 0.3) is 10.8 Å². The minimum atomic E-state index is 0.319. The molecule has 1 aromatic heterocycles. The van der Waals surface area contributed by atoms with Crippen molar-refractivity contribution < 1.29 is 5.11 Å². The Labute approximate surface area is 123 Å². The largest absolute Gasteiger partial charge is 0.507 e. The number of aromatic hydroxyl groups is 1. The molecule has 21 heavy (non-hydrogen) atoms. The Bertz CT molecular complexity index is 790. The minimum Gasteiger partial charge on any atom is -0.507 e. The Balaban J connectivity index is 1.62. The molecule has 0 saturated heterocycles. The lowest BCUT2D eigenvalue weighted by Crippen LogP contribution is -2.06. The van der Waals surface area contributed by atoms with Crippen molar-refractivity contribution in [2.45, 2.75) is 25.4 Å². The quantitative estimate of drug-likeness (QED) is 0.765. The van der Waals surface area contributed by atoms with Gasteiger partial charge in [-0.1, -0.05) is 24.3 Å². The fourth-order valence-electron chi connectivity index (χ4n) is 2.78. The molecule has 0 amide bonds. The molecule has 1 aliphatic rings. The zero-order chi connectivity index (χ0) is 14.2. The summed E-state index contributed by atoms with van der Waals surface area (Å²) < 4.78 is 2.26. The lowest BCUT2D eigenvalue weighted by Gasteiger charge is -2.12. The van der Waals surface area contributed by atoms with Gasteiger partial charge in [-0.05, 0) is 25.0 Å². The van der Waals surface area contributed by atoms with E-state index in [-0.39, 0.29) is 0 Å². The second kappa shape index (κ2) is 4.81. The second-order valence-corrected chi connectivity index (χ2v) is 5.55. The number of phenols is 1. The Hall–Kier alpha value is -2.49. The van der Waals surface area contributed by atoms with Gasteiger partial charge in [-0.2, -0.15) is 0 Å². The van der Waals surface area contributed by atoms with Crippen molar-refractivity contribution in [2.75, 3.05) is 5.32 Å². The highest BCUT2D eigenvalue weighted by atomic mass is 16.3. The van der Waals surface area contributed by atoms with E-state index in [0.29, 0.717) is 11.8 Å². The molecular weight excluding hydrogens is 262 g/mol. The van der Waals surface area contributed by atoms with Gasteiger partial charge in [0, 0.05) is 28.7 Å². The number of hydrogen-bond donors (Lipinski definition) is 2. The van der Waals surface area contributed by atoms with Gasteiger partial charge < -0.3 is 15.0 Å². The summed E-state index contributed by atoms with van der Waals surface area (Å²) in [6, 6.07) is 12.2. The molecule has 3 aromatic rings. The fourth-order valence-corrected chi connectivity index (χ4v) is 2.78. The van der Waals surface area contributed by atoms with Gasteiger partial charge in [-0.25, -0.2) is 4.98 Å². The molecule has 2 N–H and O–H groups in total. The van der Waals surface area contributed by atoms with E-state index in [1.807, 2.05) is 42.9 Å². The Morgan fingerprint density at radius 2 is 1.95 bits per heavy atom. The molecule has 0 bridgehead atoms. The van der Waals surface area contributed by atoms with Crippen LogP contribution in [0.3, 0.4) is 0 Å². The maximum Gasteiger partial charge on any atom is 0.123 e. The monoisotopic (exact) mass is 279 g/mol. The molecule has 4 heteroatoms. The van der Waals surface area contributed by atoms with Crippen LogP contribution in [0.5, 0.6) is 5.75 Å². The summed E-state index contributed by atoms with van der Waals surface area (Å²) in [4.78, 5) is 4.26. The molecule has 4 nitrogen and oxygen atoms in total. The number of nitrogens with zero attached hydrogens (tertiary/aromatic N) is 2. The summed E-state index contributed by atoms with van der Waals surface area (Å²) in [6.45, 7) is 0.741. The number of aromatic nitrogens is 2. The zero-order valence-corrected chi connectivity index (χ0v) is 11.7. The molecule has 0 spiro atoms. The smallest absolute Gasteiger partial charge is 0.123 e. The Morgan fingerprint density at radius 1 is 1.14 bits per heavy atom. The van der Waals surface area contributed by atoms with Crippen molar-refractivity contribution in [3.8, 4) is 5.75 Å². The predicted octanol–water partition coefficient (Wildman–Crippen LogP) is 3.69. The van der Waals surface area contributed by atoms with Crippen LogP contribution in [-0.2, 0) is 6.54 Å². The predicted molar refractivity (Wildman–Crippen MR) is 83.4 cm³/mol. The number of fused-ring (bicyclic) bond motifs is 1. The summed E-state index contributed by atoms with van der Waals surface area (Å²) in [7, 11) is 0. The van der Waals surface area contributed by atoms with E-state index in [2.05, 4.69) is 14.9 Å². The third kappa shape index (κ3) is 2.23. The van der Waals surface area contributed by atoms with Crippen LogP contribution in [0.1, 0.15) is 24.6 Å². The van der Waals surface area contributed by atoms with Crippen molar-refractivity contribution in [1.29, 1.82) is 0 Å². The van der Waals surface area contributed by atoms with E-state index in [1.165, 1.54) is 18.5 Å². The van der Waals surface area contributed by atoms with Gasteiger partial charge >= 0.3 is 0 Å². The number of nitrogens with one attached hydrogen (secondary N) is 1. The lowest BCUT2D eigenvalue weighted by molar-refractivity contribution is 0.481. The zero-order valence-electron chi connectivity index (χ0n) is 11.7. The van der Waals surface area contributed by atoms with Crippen LogP contribution >= 0.6 is 0 Å². The van der Waals surface area contributed by atoms with Gasteiger partial charge in [0.1, 0.15) is 5.75 Å². The number of anilines is 1. The third-order valence-corrected chi connectivity index (χ3v) is 4.05. The van der Waals surface area contributed by atoms with E-state index in [4.69, 9.17) is 0 Å². The highest BCUT2D eigenvalue weighted by molar-refractivity contribution is 5.97. The van der Waals surface area contributed by atoms with Crippen LogP contribution < -0.4 is 5.32 Å². The van der Waals surface area contributed by atoms with E-state index in [0.717, 1.165) is 23.0 Å². The average molecular weight is 279 g/mol. The maximum atomic E-state index is 9.93. The first-order valence-corrected chi connectivity index (χ1v) is 7.28. The number of imidazole rings is 1. The summed E-state index contributed by atoms with van der Waals surface area (Å²) >= 11 is 0. The first-order chi connectivity index (χ1) is 10.3. The third-order valence-electron chi connectivity index (χ3n) is 4.05. The first-order valence-electron chi connectivity index (χ1n) is 7.28. The van der Waals surface area contributed by atoms with Gasteiger partial charge in [0.05, 0.1) is 18.6 Å². The SMILES string of the molecule is Oc1cccc2c(NCc3cncn3C3CC3)cccc12. The Morgan fingerprint density at radius 3 is 2.81 bits per heavy atom. The van der Waals surface area contributed by atoms with Crippen molar-refractivity contribution >= 4 is 16.5 Å². The summed E-state index contributed by atoms with van der Waals surface area (Å²) in [6.07, 6.45) is 6.36. The fraction of sp³-hybridized carbons (Fsp3) is 0.235. The molecular formula is C17H17N3O. The van der Waals surface area contributed by atoms with Crippen molar-refractivity contribution in [2.24, 2.45) is 0 Å². The van der Waals surface area contributed by atoms with Gasteiger partial charge in [0.25, 0.3) is 0 Å². The lowest BCUT2D eigenvalue weighted by atomic mass is 10.1. The van der Waals surface area contributed by atoms with Crippen molar-refractivity contribution in [3.63, 3.8) is 0 Å². The summed E-state index contributed by atoms with van der Waals surface area (Å²) in [5.41, 5.74) is 2.24. The van der Waals surface area contributed by atoms with Crippen LogP contribution in [0.15, 0.2) is 48.9 Å². The van der Waals surface area contributed by atoms with Gasteiger partial charge in [-0.3, -0.25) is 0 Å². The second-order valence-electron chi connectivity index (χ2n) is 5.55. The van der Waals surface area contributed by atoms with Crippen molar-refractivity contribution in [3.05, 3.63) is 54.6 Å². The summed E-state index contributed by atoms with van der Waals surface area (Å²) in [5.74, 6) is 0.319. The molecule has 0 aliphatic heterocycles. The standard InChI is InChI=1S/C17H17N3O/c21-17-6-2-3-14-15(17)4-1-5-16(14)19-10-13-9-18-11-20(13)12-7-8-12/h1-6,9,11-12,19,21H,7-8,10H2. The van der Waals surface area contributed by atoms with Crippen LogP contribution in [0, 0.1) is 0 Å². The molecule has 4 rings (SSSR count). The van der Waals surface area contributed by atoms with E-state index >= 15 is 0 Å². The minimum absolute atomic E-state index is 0.319. The molecule has 1 aliphatic carbocycles. The van der Waals surface area contributed by atoms with E-state index in [1.54, 1.807) is 6.07 Å². The Kier molecular flexibility index (Phi) is 2.81. The van der Waals surface area contributed by atoms with Gasteiger partial charge in [0.2, 0.25) is 0 Å². The molecule has 106 valence electrons. The van der Waals surface area contributed by atoms with Crippen LogP contribution in [0.4, 0.5) is 5.69 Å². The van der Waals surface area contributed by atoms with Gasteiger partial charge in [-0.15, -0.1) is 0 Å². The first kappa shape index (κ1) is 12.3. The van der Waals surface area contributed by atoms with E-state index in [9.17, 15) is 5.11 Å². The average Bonchev–Trinajstić information content (AvgIpc) is 3.24. The molecule has 0 unspecified atom stereocenters. The summed E-state index contributed by atoms with van der Waals surface area (Å²) in [5, 5.41) is 15.3. The van der Waals surface area contributed by atoms with Crippen LogP contribution in [-0.4, -0.2) is 14.7 Å². The molecule has 0 atom stereocenters. The molecule has 0 radical (unpaired) electrons. The molecule has 1 heterocycles. The van der Waals surface area contributed by atoms with Gasteiger partial charge in [0.15, 0.2) is 0 Å². The molecule has 1 fully saturated rings. The number of phenolic OH excluding ortho intramolecular Hbond substituents is 1. The van der Waals surface area contributed by atoms with Crippen LogP contribution in [0.2, 0.25) is 0 Å². The molecule has 1 saturated carbocycles. The topological polar surface area (TPSA) is 50.1 Å².